The summed E-state index contributed by atoms with van der Waals surface area (Å²) in [5, 5.41) is 12.9. The largest absolute Gasteiger partial charge is 0.358 e. The number of nitrogens with zero attached hydrogens (tertiary/aromatic N) is 4. The van der Waals surface area contributed by atoms with Crippen molar-refractivity contribution >= 4 is 34.4 Å². The van der Waals surface area contributed by atoms with E-state index in [2.05, 4.69) is 63.5 Å². The molecule has 7 nitrogen and oxygen atoms in total. The van der Waals surface area contributed by atoms with Gasteiger partial charge in [-0.3, -0.25) is 15.1 Å². The lowest BCUT2D eigenvalue weighted by molar-refractivity contribution is 0.778. The molecule has 0 unspecified atom stereocenters. The summed E-state index contributed by atoms with van der Waals surface area (Å²) in [4.78, 5) is 16.9. The summed E-state index contributed by atoms with van der Waals surface area (Å²) in [6, 6.07) is 12.1. The Labute approximate surface area is 215 Å². The Morgan fingerprint density at radius 2 is 1.86 bits per heavy atom. The van der Waals surface area contributed by atoms with Crippen molar-refractivity contribution < 1.29 is 0 Å². The third-order valence-electron chi connectivity index (χ3n) is 6.28. The molecule has 0 amide bonds. The van der Waals surface area contributed by atoms with E-state index in [-0.39, 0.29) is 0 Å². The van der Waals surface area contributed by atoms with Gasteiger partial charge in [-0.25, -0.2) is 4.98 Å². The lowest BCUT2D eigenvalue weighted by Crippen LogP contribution is -2.23. The highest BCUT2D eigenvalue weighted by molar-refractivity contribution is 5.94. The second-order valence-electron chi connectivity index (χ2n) is 9.15. The van der Waals surface area contributed by atoms with Gasteiger partial charge in [0.1, 0.15) is 5.69 Å². The number of anilines is 1. The van der Waals surface area contributed by atoms with Crippen LogP contribution in [0.25, 0.3) is 51.4 Å². The van der Waals surface area contributed by atoms with E-state index >= 15 is 0 Å². The molecule has 0 aliphatic heterocycles. The number of para-hydroxylation sites is 1. The Kier molecular flexibility index (Phi) is 6.51. The fraction of sp³-hybridized carbons (Fsp3) is 0.133. The molecule has 0 spiro atoms. The summed E-state index contributed by atoms with van der Waals surface area (Å²) < 4.78 is 0. The van der Waals surface area contributed by atoms with Crippen molar-refractivity contribution in [2.75, 3.05) is 5.32 Å². The van der Waals surface area contributed by atoms with E-state index in [9.17, 15) is 0 Å². The van der Waals surface area contributed by atoms with Crippen LogP contribution in [0.1, 0.15) is 26.3 Å². The fourth-order valence-electron chi connectivity index (χ4n) is 4.09. The maximum atomic E-state index is 4.96. The van der Waals surface area contributed by atoms with Crippen LogP contribution >= 0.6 is 0 Å². The van der Waals surface area contributed by atoms with Crippen LogP contribution in [-0.4, -0.2) is 30.1 Å². The molecule has 0 saturated carbocycles. The van der Waals surface area contributed by atoms with Crippen LogP contribution in [0, 0.1) is 5.92 Å². The van der Waals surface area contributed by atoms with Gasteiger partial charge in [0.05, 0.1) is 28.3 Å². The van der Waals surface area contributed by atoms with E-state index in [0.29, 0.717) is 11.7 Å². The van der Waals surface area contributed by atoms with Crippen molar-refractivity contribution in [2.45, 2.75) is 20.8 Å². The average Bonchev–Trinajstić information content (AvgIpc) is 3.52. The molecule has 0 bridgehead atoms. The molecule has 184 valence electrons. The van der Waals surface area contributed by atoms with Crippen molar-refractivity contribution in [1.29, 1.82) is 0 Å². The molecule has 7 heteroatoms. The maximum Gasteiger partial charge on any atom is 0.159 e. The van der Waals surface area contributed by atoms with E-state index in [0.717, 1.165) is 60.9 Å². The number of hydrogen-bond donors (Lipinski definition) is 3. The monoisotopic (exact) mass is 487 g/mol. The molecule has 4 heterocycles. The van der Waals surface area contributed by atoms with Crippen LogP contribution in [-0.2, 0) is 0 Å². The molecule has 0 radical (unpaired) electrons. The number of fused-ring (bicyclic) bond motifs is 1. The first-order valence-electron chi connectivity index (χ1n) is 12.2. The number of H-pyrrole nitrogens is 2. The molecule has 0 aliphatic carbocycles. The minimum atomic E-state index is 0.317. The summed E-state index contributed by atoms with van der Waals surface area (Å²) in [6.07, 6.45) is 11.2. The normalized spacial score (nSPS) is 12.4. The molecule has 5 aromatic rings. The Bertz CT molecular complexity index is 1720. The third kappa shape index (κ3) is 4.84. The van der Waals surface area contributed by atoms with E-state index in [1.54, 1.807) is 24.8 Å². The SMILES string of the molecule is C=C(/C=c1/c(-c2nc3c(-c4ccncc4)cccc3[nH]2)n[nH]/c1=C/C)c1cncc(NC(=C)C(C)C)c1. The number of hydrogen-bond acceptors (Lipinski definition) is 5. The number of benzene rings is 1. The molecule has 1 aromatic carbocycles. The minimum absolute atomic E-state index is 0.317. The van der Waals surface area contributed by atoms with Crippen molar-refractivity contribution in [3.8, 4) is 22.6 Å². The molecular weight excluding hydrogens is 458 g/mol. The summed E-state index contributed by atoms with van der Waals surface area (Å²) in [5.74, 6) is 0.999. The predicted octanol–water partition coefficient (Wildman–Crippen LogP) is 5.29. The van der Waals surface area contributed by atoms with Crippen molar-refractivity contribution in [3.05, 3.63) is 96.2 Å². The van der Waals surface area contributed by atoms with Gasteiger partial charge in [0.15, 0.2) is 5.82 Å². The van der Waals surface area contributed by atoms with Gasteiger partial charge in [0, 0.05) is 40.6 Å². The Balaban J connectivity index is 1.57. The lowest BCUT2D eigenvalue weighted by atomic mass is 10.1. The van der Waals surface area contributed by atoms with Gasteiger partial charge >= 0.3 is 0 Å². The number of imidazole rings is 1. The number of aromatic nitrogens is 6. The maximum absolute atomic E-state index is 4.96. The Morgan fingerprint density at radius 1 is 1.05 bits per heavy atom. The topological polar surface area (TPSA) is 95.2 Å². The van der Waals surface area contributed by atoms with Gasteiger partial charge < -0.3 is 10.3 Å². The van der Waals surface area contributed by atoms with Gasteiger partial charge in [0.25, 0.3) is 0 Å². The zero-order valence-electron chi connectivity index (χ0n) is 21.2. The van der Waals surface area contributed by atoms with Crippen molar-refractivity contribution in [2.24, 2.45) is 5.92 Å². The summed E-state index contributed by atoms with van der Waals surface area (Å²) in [6.45, 7) is 14.6. The van der Waals surface area contributed by atoms with Gasteiger partial charge in [-0.2, -0.15) is 5.10 Å². The fourth-order valence-corrected chi connectivity index (χ4v) is 4.09. The van der Waals surface area contributed by atoms with Crippen LogP contribution in [0.15, 0.2) is 80.0 Å². The predicted molar refractivity (Wildman–Crippen MR) is 152 cm³/mol. The lowest BCUT2D eigenvalue weighted by Gasteiger charge is -2.13. The first kappa shape index (κ1) is 23.9. The second-order valence-corrected chi connectivity index (χ2v) is 9.15. The van der Waals surface area contributed by atoms with Crippen LogP contribution in [0.4, 0.5) is 5.69 Å². The Morgan fingerprint density at radius 3 is 2.62 bits per heavy atom. The third-order valence-corrected chi connectivity index (χ3v) is 6.28. The number of rotatable bonds is 7. The molecule has 37 heavy (non-hydrogen) atoms. The molecule has 0 atom stereocenters. The highest BCUT2D eigenvalue weighted by atomic mass is 15.1. The number of pyridine rings is 2. The molecule has 5 rings (SSSR count). The summed E-state index contributed by atoms with van der Waals surface area (Å²) in [7, 11) is 0. The first-order chi connectivity index (χ1) is 17.9. The van der Waals surface area contributed by atoms with E-state index in [1.165, 1.54) is 0 Å². The molecule has 3 N–H and O–H groups in total. The number of aromatic amines is 2. The quantitative estimate of drug-likeness (QED) is 0.290. The van der Waals surface area contributed by atoms with Gasteiger partial charge in [-0.05, 0) is 54.3 Å². The van der Waals surface area contributed by atoms with E-state index in [4.69, 9.17) is 4.98 Å². The molecule has 0 aliphatic rings. The van der Waals surface area contributed by atoms with Crippen LogP contribution < -0.4 is 15.9 Å². The smallest absolute Gasteiger partial charge is 0.159 e. The first-order valence-corrected chi connectivity index (χ1v) is 12.2. The molecule has 4 aromatic heterocycles. The molecular formula is C30H29N7. The number of allylic oxidation sites excluding steroid dienone is 2. The van der Waals surface area contributed by atoms with Crippen LogP contribution in [0.3, 0.4) is 0 Å². The highest BCUT2D eigenvalue weighted by Crippen LogP contribution is 2.28. The van der Waals surface area contributed by atoms with Gasteiger partial charge in [-0.1, -0.05) is 45.2 Å². The zero-order valence-corrected chi connectivity index (χ0v) is 21.2. The Hall–Kier alpha value is -4.78. The standard InChI is InChI=1S/C30H29N7/c1-6-26-25(14-19(4)22-15-23(17-32-16-22)33-20(5)18(2)3)29(37-36-26)30-34-27-9-7-8-24(28(27)35-30)21-10-12-31-13-11-21/h6-18,33,36H,4-5H2,1-3H3,(H,34,35)/b25-14+,26-6+. The van der Waals surface area contributed by atoms with Crippen molar-refractivity contribution in [1.82, 2.24) is 30.1 Å². The average molecular weight is 488 g/mol. The van der Waals surface area contributed by atoms with Crippen LogP contribution in [0.5, 0.6) is 0 Å². The van der Waals surface area contributed by atoms with Crippen LogP contribution in [0.2, 0.25) is 0 Å². The van der Waals surface area contributed by atoms with Gasteiger partial charge in [-0.15, -0.1) is 0 Å². The minimum Gasteiger partial charge on any atom is -0.358 e. The van der Waals surface area contributed by atoms with E-state index in [1.807, 2.05) is 49.4 Å². The second kappa shape index (κ2) is 10.1. The highest BCUT2D eigenvalue weighted by Gasteiger charge is 2.14. The number of nitrogens with one attached hydrogen (secondary N) is 3. The summed E-state index contributed by atoms with van der Waals surface area (Å²) >= 11 is 0. The molecule has 0 fully saturated rings. The summed E-state index contributed by atoms with van der Waals surface area (Å²) in [5.41, 5.74) is 8.16. The molecule has 0 saturated heterocycles. The zero-order chi connectivity index (χ0) is 25.9. The van der Waals surface area contributed by atoms with E-state index < -0.39 is 0 Å². The van der Waals surface area contributed by atoms with Gasteiger partial charge in [0.2, 0.25) is 0 Å². The van der Waals surface area contributed by atoms with Crippen molar-refractivity contribution in [3.63, 3.8) is 0 Å².